The highest BCUT2D eigenvalue weighted by Crippen LogP contribution is 2.22. The highest BCUT2D eigenvalue weighted by Gasteiger charge is 2.06. The van der Waals surface area contributed by atoms with Gasteiger partial charge in [-0.3, -0.25) is 0 Å². The number of rotatable bonds is 2. The molecular formula is C9H10N4S. The van der Waals surface area contributed by atoms with Crippen LogP contribution in [0.15, 0.2) is 35.0 Å². The SMILES string of the molecule is Cc1cnc(Sc2ncccn2)n1C. The molecule has 2 heterocycles. The molecule has 2 aromatic heterocycles. The second-order valence-electron chi connectivity index (χ2n) is 2.87. The fraction of sp³-hybridized carbons (Fsp3) is 0.222. The fourth-order valence-electron chi connectivity index (χ4n) is 0.987. The average Bonchev–Trinajstić information content (AvgIpc) is 2.52. The number of nitrogens with zero attached hydrogens (tertiary/aromatic N) is 4. The predicted molar refractivity (Wildman–Crippen MR) is 54.1 cm³/mol. The van der Waals surface area contributed by atoms with Gasteiger partial charge in [0.25, 0.3) is 0 Å². The summed E-state index contributed by atoms with van der Waals surface area (Å²) < 4.78 is 2.01. The van der Waals surface area contributed by atoms with Gasteiger partial charge in [-0.15, -0.1) is 0 Å². The Hall–Kier alpha value is -1.36. The third kappa shape index (κ3) is 1.77. The molecule has 0 radical (unpaired) electrons. The minimum atomic E-state index is 0.723. The van der Waals surface area contributed by atoms with E-state index in [1.807, 2.05) is 24.7 Å². The first-order chi connectivity index (χ1) is 6.77. The Labute approximate surface area is 86.4 Å². The van der Waals surface area contributed by atoms with E-state index in [0.29, 0.717) is 0 Å². The molecule has 0 bridgehead atoms. The Bertz CT molecular complexity index is 424. The zero-order chi connectivity index (χ0) is 9.97. The number of aromatic nitrogens is 4. The predicted octanol–water partition coefficient (Wildman–Crippen LogP) is 1.67. The molecule has 0 amide bonds. The van der Waals surface area contributed by atoms with Gasteiger partial charge in [0.15, 0.2) is 10.3 Å². The van der Waals surface area contributed by atoms with Crippen molar-refractivity contribution in [3.05, 3.63) is 30.4 Å². The summed E-state index contributed by atoms with van der Waals surface area (Å²) in [7, 11) is 1.98. The lowest BCUT2D eigenvalue weighted by molar-refractivity contribution is 0.762. The van der Waals surface area contributed by atoms with Crippen LogP contribution >= 0.6 is 11.8 Å². The molecule has 0 saturated carbocycles. The molecule has 0 aromatic carbocycles. The van der Waals surface area contributed by atoms with Crippen LogP contribution in [0.3, 0.4) is 0 Å². The van der Waals surface area contributed by atoms with Crippen molar-refractivity contribution in [2.24, 2.45) is 7.05 Å². The first-order valence-electron chi connectivity index (χ1n) is 4.20. The van der Waals surface area contributed by atoms with E-state index < -0.39 is 0 Å². The highest BCUT2D eigenvalue weighted by atomic mass is 32.2. The molecule has 0 atom stereocenters. The Balaban J connectivity index is 2.23. The molecule has 0 aliphatic carbocycles. The molecular weight excluding hydrogens is 196 g/mol. The number of hydrogen-bond acceptors (Lipinski definition) is 4. The molecule has 4 nitrogen and oxygen atoms in total. The van der Waals surface area contributed by atoms with Gasteiger partial charge < -0.3 is 4.57 Å². The van der Waals surface area contributed by atoms with Gasteiger partial charge in [0.05, 0.1) is 0 Å². The van der Waals surface area contributed by atoms with Crippen LogP contribution in [0.2, 0.25) is 0 Å². The van der Waals surface area contributed by atoms with Gasteiger partial charge in [0.2, 0.25) is 0 Å². The summed E-state index contributed by atoms with van der Waals surface area (Å²) in [4.78, 5) is 12.5. The van der Waals surface area contributed by atoms with Gasteiger partial charge in [0, 0.05) is 31.3 Å². The van der Waals surface area contributed by atoms with Gasteiger partial charge >= 0.3 is 0 Å². The van der Waals surface area contributed by atoms with E-state index in [9.17, 15) is 0 Å². The Morgan fingerprint density at radius 3 is 2.50 bits per heavy atom. The van der Waals surface area contributed by atoms with Crippen LogP contribution in [-0.2, 0) is 7.05 Å². The summed E-state index contributed by atoms with van der Waals surface area (Å²) in [5, 5.41) is 1.63. The van der Waals surface area contributed by atoms with Crippen LogP contribution < -0.4 is 0 Å². The number of aryl methyl sites for hydroxylation is 1. The van der Waals surface area contributed by atoms with Gasteiger partial charge in [-0.2, -0.15) is 0 Å². The van der Waals surface area contributed by atoms with Crippen molar-refractivity contribution in [2.75, 3.05) is 0 Å². The number of imidazole rings is 1. The smallest absolute Gasteiger partial charge is 0.195 e. The minimum absolute atomic E-state index is 0.723. The Kier molecular flexibility index (Phi) is 2.49. The lowest BCUT2D eigenvalue weighted by Gasteiger charge is -2.00. The van der Waals surface area contributed by atoms with Crippen molar-refractivity contribution in [3.8, 4) is 0 Å². The molecule has 0 unspecified atom stereocenters. The van der Waals surface area contributed by atoms with E-state index in [0.717, 1.165) is 16.0 Å². The van der Waals surface area contributed by atoms with Crippen molar-refractivity contribution in [3.63, 3.8) is 0 Å². The van der Waals surface area contributed by atoms with Gasteiger partial charge in [0.1, 0.15) is 0 Å². The third-order valence-corrected chi connectivity index (χ3v) is 2.86. The van der Waals surface area contributed by atoms with Crippen molar-refractivity contribution in [2.45, 2.75) is 17.2 Å². The van der Waals surface area contributed by atoms with E-state index in [4.69, 9.17) is 0 Å². The third-order valence-electron chi connectivity index (χ3n) is 1.90. The molecule has 0 saturated heterocycles. The second kappa shape index (κ2) is 3.79. The van der Waals surface area contributed by atoms with Crippen LogP contribution in [0.1, 0.15) is 5.69 Å². The molecule has 0 spiro atoms. The van der Waals surface area contributed by atoms with Crippen molar-refractivity contribution < 1.29 is 0 Å². The highest BCUT2D eigenvalue weighted by molar-refractivity contribution is 7.99. The largest absolute Gasteiger partial charge is 0.326 e. The minimum Gasteiger partial charge on any atom is -0.326 e. The Morgan fingerprint density at radius 2 is 1.93 bits per heavy atom. The second-order valence-corrected chi connectivity index (χ2v) is 3.81. The van der Waals surface area contributed by atoms with E-state index in [1.54, 1.807) is 18.5 Å². The first-order valence-corrected chi connectivity index (χ1v) is 5.02. The normalized spacial score (nSPS) is 10.4. The van der Waals surface area contributed by atoms with Crippen LogP contribution in [0.5, 0.6) is 0 Å². The lowest BCUT2D eigenvalue weighted by Crippen LogP contribution is -1.94. The summed E-state index contributed by atoms with van der Waals surface area (Å²) in [6.45, 7) is 2.02. The lowest BCUT2D eigenvalue weighted by atomic mass is 10.5. The molecule has 0 aliphatic heterocycles. The van der Waals surface area contributed by atoms with Crippen LogP contribution in [0.4, 0.5) is 0 Å². The van der Waals surface area contributed by atoms with Gasteiger partial charge in [-0.05, 0) is 24.8 Å². The summed E-state index contributed by atoms with van der Waals surface area (Å²) in [6, 6.07) is 1.80. The zero-order valence-electron chi connectivity index (χ0n) is 8.01. The van der Waals surface area contributed by atoms with Gasteiger partial charge in [-0.25, -0.2) is 15.0 Å². The summed E-state index contributed by atoms with van der Waals surface area (Å²) in [6.07, 6.45) is 5.29. The van der Waals surface area contributed by atoms with Crippen LogP contribution in [0.25, 0.3) is 0 Å². The Morgan fingerprint density at radius 1 is 1.21 bits per heavy atom. The van der Waals surface area contributed by atoms with E-state index >= 15 is 0 Å². The van der Waals surface area contributed by atoms with Gasteiger partial charge in [-0.1, -0.05) is 0 Å². The molecule has 0 fully saturated rings. The fourth-order valence-corrected chi connectivity index (χ4v) is 1.76. The monoisotopic (exact) mass is 206 g/mol. The molecule has 14 heavy (non-hydrogen) atoms. The van der Waals surface area contributed by atoms with Crippen molar-refractivity contribution in [1.29, 1.82) is 0 Å². The molecule has 2 rings (SSSR count). The maximum Gasteiger partial charge on any atom is 0.195 e. The quantitative estimate of drug-likeness (QED) is 0.701. The molecule has 0 aliphatic rings. The van der Waals surface area contributed by atoms with E-state index in [-0.39, 0.29) is 0 Å². The van der Waals surface area contributed by atoms with E-state index in [1.165, 1.54) is 11.8 Å². The molecule has 72 valence electrons. The van der Waals surface area contributed by atoms with Crippen LogP contribution in [-0.4, -0.2) is 19.5 Å². The number of hydrogen-bond donors (Lipinski definition) is 0. The summed E-state index contributed by atoms with van der Waals surface area (Å²) >= 11 is 1.46. The topological polar surface area (TPSA) is 43.6 Å². The maximum absolute atomic E-state index is 4.26. The van der Waals surface area contributed by atoms with Crippen LogP contribution in [0, 0.1) is 6.92 Å². The maximum atomic E-state index is 4.26. The van der Waals surface area contributed by atoms with E-state index in [2.05, 4.69) is 15.0 Å². The molecule has 0 N–H and O–H groups in total. The van der Waals surface area contributed by atoms with Crippen molar-refractivity contribution in [1.82, 2.24) is 19.5 Å². The molecule has 5 heteroatoms. The molecule has 2 aromatic rings. The summed E-state index contributed by atoms with van der Waals surface area (Å²) in [5.41, 5.74) is 1.13. The van der Waals surface area contributed by atoms with Crippen molar-refractivity contribution >= 4 is 11.8 Å². The summed E-state index contributed by atoms with van der Waals surface area (Å²) in [5.74, 6) is 0. The zero-order valence-corrected chi connectivity index (χ0v) is 8.82. The first kappa shape index (κ1) is 9.21. The standard InChI is InChI=1S/C9H10N4S/c1-7-6-12-9(13(7)2)14-8-10-4-3-5-11-8/h3-6H,1-2H3. The average molecular weight is 206 g/mol.